The molecule has 15 nitrogen and oxygen atoms in total. The van der Waals surface area contributed by atoms with Crippen molar-refractivity contribution in [3.8, 4) is 0 Å². The summed E-state index contributed by atoms with van der Waals surface area (Å²) in [6, 6.07) is 21.8. The topological polar surface area (TPSA) is 199 Å². The number of carbonyl (C=O) groups excluding carboxylic acids is 6. The molecule has 18 heteroatoms. The Morgan fingerprint density at radius 3 is 2.00 bits per heavy atom. The molecule has 1 aromatic heterocycles. The lowest BCUT2D eigenvalue weighted by Gasteiger charge is -2.68. The average molecular weight is 1090 g/mol. The number of hydrogen-bond donors (Lipinski definition) is 2. The summed E-state index contributed by atoms with van der Waals surface area (Å²) in [6.45, 7) is 25.2. The summed E-state index contributed by atoms with van der Waals surface area (Å²) in [7, 11) is -5.57. The third-order valence-electron chi connectivity index (χ3n) is 17.7. The van der Waals surface area contributed by atoms with Crippen molar-refractivity contribution in [1.29, 1.82) is 0 Å². The van der Waals surface area contributed by atoms with Gasteiger partial charge >= 0.3 is 23.9 Å². The summed E-state index contributed by atoms with van der Waals surface area (Å²) < 4.78 is 46.9. The van der Waals surface area contributed by atoms with E-state index in [0.717, 1.165) is 11.3 Å². The molecule has 4 aliphatic rings. The van der Waals surface area contributed by atoms with E-state index < -0.39 is 134 Å². The van der Waals surface area contributed by atoms with E-state index in [1.165, 1.54) is 13.8 Å². The molecule has 3 aliphatic carbocycles. The Balaban J connectivity index is 1.48. The molecular formula is C57H77NO14SSi2. The first-order chi connectivity index (χ1) is 35.1. The van der Waals surface area contributed by atoms with Gasteiger partial charge in [0.2, 0.25) is 0 Å². The van der Waals surface area contributed by atoms with Crippen LogP contribution in [-0.4, -0.2) is 112 Å². The third-order valence-corrected chi connectivity index (χ3v) is 27.6. The normalized spacial score (nSPS) is 29.2. The number of aliphatic hydroxyl groups is 1. The van der Waals surface area contributed by atoms with Crippen molar-refractivity contribution in [2.75, 3.05) is 6.61 Å². The maximum atomic E-state index is 16.6. The van der Waals surface area contributed by atoms with Crippen molar-refractivity contribution >= 4 is 63.5 Å². The maximum Gasteiger partial charge on any atom is 0.348 e. The number of nitrogens with one attached hydrogen (secondary N) is 1. The van der Waals surface area contributed by atoms with Gasteiger partial charge in [0, 0.05) is 37.7 Å². The van der Waals surface area contributed by atoms with Gasteiger partial charge in [-0.2, -0.15) is 0 Å². The van der Waals surface area contributed by atoms with Crippen molar-refractivity contribution in [2.45, 2.75) is 186 Å². The number of thiophene rings is 1. The van der Waals surface area contributed by atoms with Crippen LogP contribution in [0.4, 0.5) is 0 Å². The van der Waals surface area contributed by atoms with Crippen molar-refractivity contribution < 1.29 is 66.4 Å². The van der Waals surface area contributed by atoms with Gasteiger partial charge in [0.15, 0.2) is 40.2 Å². The molecule has 2 bridgehead atoms. The highest BCUT2D eigenvalue weighted by molar-refractivity contribution is 7.12. The first-order valence-electron chi connectivity index (χ1n) is 26.3. The third kappa shape index (κ3) is 10.4. The second kappa shape index (κ2) is 21.5. The summed E-state index contributed by atoms with van der Waals surface area (Å²) in [5.41, 5.74) is -6.08. The van der Waals surface area contributed by atoms with Gasteiger partial charge in [0.25, 0.3) is 5.91 Å². The van der Waals surface area contributed by atoms with Crippen LogP contribution in [-0.2, 0) is 51.7 Å². The maximum absolute atomic E-state index is 16.6. The number of hydrogen-bond acceptors (Lipinski definition) is 15. The standard InChI is InChI=1S/C57H77NO14SSi2/c1-15-75(16-2,17-3)71-41-31-42-56(33-66-42,70-36(6)60)47-49(69-51(63)40-29-24-30-73-40)57(65)32-39(34(4)43(54(57,10)11)45(67-35(5)59)48(61)55(41,47)12)68-52(64)46(72-74(13,14)53(7,8)9)44(37-25-20-18-21-26-37)58-50(62)38-27-22-19-23-28-38/h18-30,39,41-42,44-47,49,65H,15-17,31-33H2,1-14H3,(H,58,62)/t39-,41-,42+,44-,45+,46+,47-,49-,55+,56-,57+/m0/s1. The number of benzene rings is 2. The monoisotopic (exact) mass is 1090 g/mol. The Hall–Kier alpha value is -4.83. The molecule has 2 heterocycles. The number of rotatable bonds is 17. The van der Waals surface area contributed by atoms with Crippen LogP contribution >= 0.6 is 11.3 Å². The molecular weight excluding hydrogens is 1010 g/mol. The number of ketones is 1. The van der Waals surface area contributed by atoms with E-state index in [9.17, 15) is 24.3 Å². The summed E-state index contributed by atoms with van der Waals surface area (Å²) in [6.07, 6.45) is -8.48. The van der Waals surface area contributed by atoms with Crippen LogP contribution in [0.25, 0.3) is 0 Å². The lowest BCUT2D eigenvalue weighted by molar-refractivity contribution is -0.344. The Morgan fingerprint density at radius 2 is 1.48 bits per heavy atom. The predicted octanol–water partition coefficient (Wildman–Crippen LogP) is 9.86. The first-order valence-corrected chi connectivity index (χ1v) is 32.6. The van der Waals surface area contributed by atoms with Crippen molar-refractivity contribution in [2.24, 2.45) is 16.7 Å². The van der Waals surface area contributed by atoms with Gasteiger partial charge < -0.3 is 43.0 Å². The number of esters is 4. The summed E-state index contributed by atoms with van der Waals surface area (Å²) in [5, 5.41) is 18.7. The lowest BCUT2D eigenvalue weighted by atomic mass is 9.44. The number of amides is 1. The van der Waals surface area contributed by atoms with Crippen molar-refractivity contribution in [1.82, 2.24) is 5.32 Å². The van der Waals surface area contributed by atoms with Crippen LogP contribution in [0.15, 0.2) is 89.3 Å². The van der Waals surface area contributed by atoms with Gasteiger partial charge in [-0.25, -0.2) is 9.59 Å². The highest BCUT2D eigenvalue weighted by Crippen LogP contribution is 2.65. The molecule has 3 aromatic rings. The zero-order valence-corrected chi connectivity index (χ0v) is 48.8. The molecule has 2 saturated carbocycles. The minimum absolute atomic E-state index is 0.0955. The molecule has 1 saturated heterocycles. The van der Waals surface area contributed by atoms with Crippen LogP contribution < -0.4 is 5.32 Å². The molecule has 0 unspecified atom stereocenters. The van der Waals surface area contributed by atoms with Crippen LogP contribution in [0.1, 0.15) is 128 Å². The van der Waals surface area contributed by atoms with E-state index in [1.54, 1.807) is 99.8 Å². The highest BCUT2D eigenvalue weighted by Gasteiger charge is 2.79. The van der Waals surface area contributed by atoms with E-state index in [-0.39, 0.29) is 23.5 Å². The molecule has 3 fully saturated rings. The van der Waals surface area contributed by atoms with Crippen molar-refractivity contribution in [3.05, 3.63) is 105 Å². The smallest absolute Gasteiger partial charge is 0.348 e. The van der Waals surface area contributed by atoms with Crippen molar-refractivity contribution in [3.63, 3.8) is 0 Å². The summed E-state index contributed by atoms with van der Waals surface area (Å²) in [4.78, 5) is 88.5. The fraction of sp³-hybridized carbons (Fsp3) is 0.579. The second-order valence-corrected chi connectivity index (χ2v) is 33.6. The zero-order valence-electron chi connectivity index (χ0n) is 46.0. The van der Waals surface area contributed by atoms with E-state index in [0.29, 0.717) is 34.8 Å². The van der Waals surface area contributed by atoms with Gasteiger partial charge in [-0.05, 0) is 90.4 Å². The van der Waals surface area contributed by atoms with E-state index in [1.807, 2.05) is 39.9 Å². The molecule has 7 rings (SSSR count). The van der Waals surface area contributed by atoms with E-state index in [4.69, 9.17) is 32.5 Å². The number of ether oxygens (including phenoxy) is 5. The Morgan fingerprint density at radius 1 is 0.867 bits per heavy atom. The number of Topliss-reactive ketones (excluding diaryl/α,β-unsaturated/α-hetero) is 1. The molecule has 2 N–H and O–H groups in total. The SMILES string of the molecule is CC[Si](CC)(CC)O[C@H]1C[C@H]2OC[C@@]2(OC(C)=O)[C@H]2[C@H](OC(=O)c3cccs3)[C@]3(O)C[C@H](OC(=O)[C@H](O[Si](C)(C)C(C)(C)C)[C@@H](NC(=O)c4ccccc4)c4ccccc4)C(C)=C([C@@H](OC(C)=O)C(=O)[C@]12C)C3(C)C. The Labute approximate surface area is 448 Å². The molecule has 408 valence electrons. The number of fused-ring (bicyclic) bond motifs is 5. The van der Waals surface area contributed by atoms with E-state index >= 15 is 9.59 Å². The minimum atomic E-state index is -2.93. The zero-order chi connectivity index (χ0) is 55.3. The first kappa shape index (κ1) is 57.9. The largest absolute Gasteiger partial charge is 0.456 e. The number of carbonyl (C=O) groups is 6. The lowest BCUT2D eigenvalue weighted by Crippen LogP contribution is -2.82. The average Bonchev–Trinajstić information content (AvgIpc) is 3.90. The molecule has 1 aliphatic heterocycles. The van der Waals surface area contributed by atoms with Crippen LogP contribution in [0, 0.1) is 16.7 Å². The van der Waals surface area contributed by atoms with Gasteiger partial charge in [0.05, 0.1) is 30.1 Å². The predicted molar refractivity (Wildman–Crippen MR) is 288 cm³/mol. The highest BCUT2D eigenvalue weighted by atomic mass is 32.1. The molecule has 75 heavy (non-hydrogen) atoms. The fourth-order valence-electron chi connectivity index (χ4n) is 12.0. The van der Waals surface area contributed by atoms with E-state index in [2.05, 4.69) is 26.1 Å². The van der Waals surface area contributed by atoms with Crippen LogP contribution in [0.2, 0.25) is 36.3 Å². The molecule has 2 aromatic carbocycles. The Bertz CT molecular complexity index is 2640. The van der Waals surface area contributed by atoms with Gasteiger partial charge in [-0.1, -0.05) is 110 Å². The summed E-state index contributed by atoms with van der Waals surface area (Å²) in [5.74, 6) is -5.71. The fourth-order valence-corrected chi connectivity index (χ4v) is 16.8. The molecule has 0 spiro atoms. The molecule has 1 amide bonds. The summed E-state index contributed by atoms with van der Waals surface area (Å²) >= 11 is 1.12. The minimum Gasteiger partial charge on any atom is -0.456 e. The molecule has 0 radical (unpaired) electrons. The van der Waals surface area contributed by atoms with Crippen LogP contribution in [0.5, 0.6) is 0 Å². The van der Waals surface area contributed by atoms with Crippen LogP contribution in [0.3, 0.4) is 0 Å². The van der Waals surface area contributed by atoms with Gasteiger partial charge in [0.1, 0.15) is 28.8 Å². The quantitative estimate of drug-likeness (QED) is 0.0560. The Kier molecular flexibility index (Phi) is 16.6. The second-order valence-electron chi connectivity index (χ2n) is 23.2. The van der Waals surface area contributed by atoms with Gasteiger partial charge in [-0.15, -0.1) is 11.3 Å². The molecule has 11 atom stereocenters. The van der Waals surface area contributed by atoms with Gasteiger partial charge in [-0.3, -0.25) is 19.2 Å².